The van der Waals surface area contributed by atoms with Crippen molar-refractivity contribution in [3.63, 3.8) is 0 Å². The van der Waals surface area contributed by atoms with Crippen LogP contribution in [0.25, 0.3) is 11.1 Å². The maximum atomic E-state index is 11.5. The van der Waals surface area contributed by atoms with Gasteiger partial charge in [0.15, 0.2) is 0 Å². The molecule has 0 radical (unpaired) electrons. The van der Waals surface area contributed by atoms with Gasteiger partial charge in [-0.2, -0.15) is 0 Å². The normalized spacial score (nSPS) is 16.2. The molecule has 1 aliphatic heterocycles. The third-order valence-corrected chi connectivity index (χ3v) is 3.57. The van der Waals surface area contributed by atoms with Crippen LogP contribution in [0.3, 0.4) is 0 Å². The van der Waals surface area contributed by atoms with Crippen LogP contribution >= 0.6 is 0 Å². The number of carbonyl (C=O) groups excluding carboxylic acids is 1. The highest BCUT2D eigenvalue weighted by molar-refractivity contribution is 5.80. The van der Waals surface area contributed by atoms with E-state index in [9.17, 15) is 4.79 Å². The van der Waals surface area contributed by atoms with Crippen LogP contribution in [0, 0.1) is 6.92 Å². The highest BCUT2D eigenvalue weighted by atomic mass is 16.5. The molecule has 2 heteroatoms. The van der Waals surface area contributed by atoms with Gasteiger partial charge in [0.25, 0.3) is 0 Å². The van der Waals surface area contributed by atoms with Crippen LogP contribution in [-0.2, 0) is 4.79 Å². The molecule has 0 N–H and O–H groups in total. The molecule has 96 valence electrons. The molecule has 2 aromatic carbocycles. The van der Waals surface area contributed by atoms with E-state index in [1.165, 1.54) is 11.1 Å². The molecular weight excluding hydrogens is 236 g/mol. The second-order valence-corrected chi connectivity index (χ2v) is 5.04. The molecule has 2 aromatic rings. The zero-order valence-corrected chi connectivity index (χ0v) is 11.1. The number of rotatable bonds is 2. The van der Waals surface area contributed by atoms with E-state index >= 15 is 0 Å². The van der Waals surface area contributed by atoms with Crippen molar-refractivity contribution in [2.75, 3.05) is 0 Å². The molecule has 1 aliphatic rings. The average molecular weight is 252 g/mol. The number of carbonyl (C=O) groups is 1. The van der Waals surface area contributed by atoms with Crippen molar-refractivity contribution < 1.29 is 9.53 Å². The first-order valence-corrected chi connectivity index (χ1v) is 6.52. The summed E-state index contributed by atoms with van der Waals surface area (Å²) >= 11 is 0. The highest BCUT2D eigenvalue weighted by Crippen LogP contribution is 2.44. The molecule has 0 spiro atoms. The fraction of sp³-hybridized carbons (Fsp3) is 0.235. The number of ether oxygens (including phenoxy) is 1. The Kier molecular flexibility index (Phi) is 2.86. The molecule has 0 amide bonds. The van der Waals surface area contributed by atoms with Gasteiger partial charge >= 0.3 is 0 Å². The van der Waals surface area contributed by atoms with Crippen LogP contribution < -0.4 is 4.74 Å². The lowest BCUT2D eigenvalue weighted by Crippen LogP contribution is -2.17. The lowest BCUT2D eigenvalue weighted by atomic mass is 9.88. The third-order valence-electron chi connectivity index (χ3n) is 3.57. The fourth-order valence-electron chi connectivity index (χ4n) is 2.75. The van der Waals surface area contributed by atoms with E-state index in [2.05, 4.69) is 31.2 Å². The Bertz CT molecular complexity index is 643. The lowest BCUT2D eigenvalue weighted by Gasteiger charge is -2.29. The number of hydrogen-bond donors (Lipinski definition) is 0. The molecular formula is C17H16O2. The van der Waals surface area contributed by atoms with Gasteiger partial charge in [-0.1, -0.05) is 36.4 Å². The number of fused-ring (bicyclic) bond motifs is 3. The van der Waals surface area contributed by atoms with E-state index < -0.39 is 0 Å². The standard InChI is InChI=1S/C17H16O2/c1-11-6-5-8-14-13-7-3-4-9-15(13)19-16(17(11)14)10-12(2)18/h3-9,16H,10H2,1-2H3. The number of Topliss-reactive ketones (excluding diaryl/α,β-unsaturated/α-hetero) is 1. The van der Waals surface area contributed by atoms with Gasteiger partial charge < -0.3 is 4.74 Å². The fourth-order valence-corrected chi connectivity index (χ4v) is 2.75. The van der Waals surface area contributed by atoms with Crippen molar-refractivity contribution in [2.45, 2.75) is 26.4 Å². The summed E-state index contributed by atoms with van der Waals surface area (Å²) in [7, 11) is 0. The van der Waals surface area contributed by atoms with Crippen LogP contribution in [0.2, 0.25) is 0 Å². The second kappa shape index (κ2) is 4.54. The summed E-state index contributed by atoms with van der Waals surface area (Å²) in [6.07, 6.45) is 0.259. The summed E-state index contributed by atoms with van der Waals surface area (Å²) in [6.45, 7) is 3.69. The third kappa shape index (κ3) is 2.03. The number of ketones is 1. The summed E-state index contributed by atoms with van der Waals surface area (Å²) in [4.78, 5) is 11.5. The Morgan fingerprint density at radius 1 is 1.11 bits per heavy atom. The lowest BCUT2D eigenvalue weighted by molar-refractivity contribution is -0.118. The molecule has 0 saturated carbocycles. The van der Waals surface area contributed by atoms with E-state index in [1.54, 1.807) is 6.92 Å². The van der Waals surface area contributed by atoms with Crippen LogP contribution in [-0.4, -0.2) is 5.78 Å². The largest absolute Gasteiger partial charge is 0.485 e. The molecule has 0 bridgehead atoms. The molecule has 0 fully saturated rings. The van der Waals surface area contributed by atoms with Crippen molar-refractivity contribution in [1.29, 1.82) is 0 Å². The summed E-state index contributed by atoms with van der Waals surface area (Å²) in [5, 5.41) is 0. The first-order chi connectivity index (χ1) is 9.16. The van der Waals surface area contributed by atoms with Crippen molar-refractivity contribution >= 4 is 5.78 Å². The first kappa shape index (κ1) is 12.0. The van der Waals surface area contributed by atoms with E-state index in [0.717, 1.165) is 16.9 Å². The van der Waals surface area contributed by atoms with Gasteiger partial charge in [0.2, 0.25) is 0 Å². The van der Waals surface area contributed by atoms with Gasteiger partial charge in [0.1, 0.15) is 17.6 Å². The van der Waals surface area contributed by atoms with Gasteiger partial charge in [0, 0.05) is 17.5 Å². The minimum absolute atomic E-state index is 0.151. The number of para-hydroxylation sites is 1. The van der Waals surface area contributed by atoms with Crippen molar-refractivity contribution in [2.24, 2.45) is 0 Å². The van der Waals surface area contributed by atoms with Crippen LogP contribution in [0.1, 0.15) is 30.6 Å². The summed E-state index contributed by atoms with van der Waals surface area (Å²) in [5.74, 6) is 1.02. The zero-order chi connectivity index (χ0) is 13.4. The topological polar surface area (TPSA) is 26.3 Å². The highest BCUT2D eigenvalue weighted by Gasteiger charge is 2.27. The summed E-state index contributed by atoms with van der Waals surface area (Å²) < 4.78 is 6.03. The minimum atomic E-state index is -0.163. The molecule has 1 heterocycles. The summed E-state index contributed by atoms with van der Waals surface area (Å²) in [5.41, 5.74) is 4.63. The second-order valence-electron chi connectivity index (χ2n) is 5.04. The molecule has 0 aliphatic carbocycles. The van der Waals surface area contributed by atoms with Crippen molar-refractivity contribution in [3.05, 3.63) is 53.6 Å². The minimum Gasteiger partial charge on any atom is -0.485 e. The Morgan fingerprint density at radius 3 is 2.63 bits per heavy atom. The number of hydrogen-bond acceptors (Lipinski definition) is 2. The zero-order valence-electron chi connectivity index (χ0n) is 11.1. The predicted octanol–water partition coefficient (Wildman–Crippen LogP) is 4.07. The van der Waals surface area contributed by atoms with E-state index in [1.807, 2.05) is 18.2 Å². The van der Waals surface area contributed by atoms with Crippen LogP contribution in [0.15, 0.2) is 42.5 Å². The van der Waals surface area contributed by atoms with E-state index in [4.69, 9.17) is 4.74 Å². The Morgan fingerprint density at radius 2 is 1.84 bits per heavy atom. The molecule has 1 atom stereocenters. The van der Waals surface area contributed by atoms with Gasteiger partial charge in [0.05, 0.1) is 0 Å². The Labute approximate surface area is 113 Å². The van der Waals surface area contributed by atoms with Gasteiger partial charge in [-0.3, -0.25) is 4.79 Å². The monoisotopic (exact) mass is 252 g/mol. The molecule has 0 aromatic heterocycles. The molecule has 0 saturated heterocycles. The SMILES string of the molecule is CC(=O)CC1Oc2ccccc2-c2cccc(C)c21. The maximum absolute atomic E-state index is 11.5. The quantitative estimate of drug-likeness (QED) is 0.805. The molecule has 19 heavy (non-hydrogen) atoms. The van der Waals surface area contributed by atoms with Crippen molar-refractivity contribution in [1.82, 2.24) is 0 Å². The van der Waals surface area contributed by atoms with Gasteiger partial charge in [-0.05, 0) is 31.0 Å². The van der Waals surface area contributed by atoms with E-state index in [-0.39, 0.29) is 11.9 Å². The van der Waals surface area contributed by atoms with E-state index in [0.29, 0.717) is 6.42 Å². The predicted molar refractivity (Wildman–Crippen MR) is 75.3 cm³/mol. The Balaban J connectivity index is 2.19. The molecule has 2 nitrogen and oxygen atoms in total. The van der Waals surface area contributed by atoms with Crippen LogP contribution in [0.4, 0.5) is 0 Å². The van der Waals surface area contributed by atoms with Gasteiger partial charge in [-0.15, -0.1) is 0 Å². The number of benzene rings is 2. The van der Waals surface area contributed by atoms with Crippen molar-refractivity contribution in [3.8, 4) is 16.9 Å². The summed E-state index contributed by atoms with van der Waals surface area (Å²) in [6, 6.07) is 14.2. The van der Waals surface area contributed by atoms with Gasteiger partial charge in [-0.25, -0.2) is 0 Å². The first-order valence-electron chi connectivity index (χ1n) is 6.52. The number of aryl methyl sites for hydroxylation is 1. The Hall–Kier alpha value is -2.09. The molecule has 1 unspecified atom stereocenters. The smallest absolute Gasteiger partial charge is 0.133 e. The average Bonchev–Trinajstić information content (AvgIpc) is 2.38. The molecule has 3 rings (SSSR count). The maximum Gasteiger partial charge on any atom is 0.133 e. The van der Waals surface area contributed by atoms with Crippen LogP contribution in [0.5, 0.6) is 5.75 Å².